The van der Waals surface area contributed by atoms with Crippen LogP contribution in [0.5, 0.6) is 11.5 Å². The van der Waals surface area contributed by atoms with E-state index in [1.807, 2.05) is 13.0 Å². The number of esters is 1. The summed E-state index contributed by atoms with van der Waals surface area (Å²) < 4.78 is 50.9. The third-order valence-electron chi connectivity index (χ3n) is 5.25. The molecule has 6 heteroatoms. The topological polar surface area (TPSA) is 35.5 Å². The van der Waals surface area contributed by atoms with Gasteiger partial charge in [0.05, 0.1) is 19.2 Å². The Kier molecular flexibility index (Phi) is 10.1. The van der Waals surface area contributed by atoms with Gasteiger partial charge in [-0.25, -0.2) is 0 Å². The smallest absolute Gasteiger partial charge is 0.314 e. The van der Waals surface area contributed by atoms with E-state index in [2.05, 4.69) is 6.08 Å². The summed E-state index contributed by atoms with van der Waals surface area (Å²) in [6, 6.07) is 2.54. The van der Waals surface area contributed by atoms with Crippen molar-refractivity contribution in [1.82, 2.24) is 0 Å². The van der Waals surface area contributed by atoms with Crippen molar-refractivity contribution >= 4 is 5.97 Å². The summed E-state index contributed by atoms with van der Waals surface area (Å²) >= 11 is 0. The number of hydrogen-bond acceptors (Lipinski definition) is 3. The summed E-state index contributed by atoms with van der Waals surface area (Å²) in [4.78, 5) is 12.4. The Morgan fingerprint density at radius 3 is 2.45 bits per heavy atom. The monoisotopic (exact) mass is 412 g/mol. The maximum Gasteiger partial charge on any atom is 0.314 e. The number of benzene rings is 1. The molecule has 0 spiro atoms. The van der Waals surface area contributed by atoms with Crippen LogP contribution in [0.15, 0.2) is 24.3 Å². The lowest BCUT2D eigenvalue weighted by Crippen LogP contribution is -2.25. The van der Waals surface area contributed by atoms with Crippen LogP contribution in [0.2, 0.25) is 0 Å². The van der Waals surface area contributed by atoms with Crippen molar-refractivity contribution in [2.24, 2.45) is 11.8 Å². The molecule has 0 bridgehead atoms. The maximum absolute atomic E-state index is 14.3. The fraction of sp³-hybridized carbons (Fsp3) is 0.609. The van der Waals surface area contributed by atoms with Gasteiger partial charge in [-0.05, 0) is 63.0 Å². The first-order valence-corrected chi connectivity index (χ1v) is 10.6. The highest BCUT2D eigenvalue weighted by Crippen LogP contribution is 2.33. The molecule has 1 aliphatic rings. The summed E-state index contributed by atoms with van der Waals surface area (Å²) in [5.41, 5.74) is 0. The average molecular weight is 412 g/mol. The fourth-order valence-corrected chi connectivity index (χ4v) is 3.46. The van der Waals surface area contributed by atoms with Gasteiger partial charge in [-0.3, -0.25) is 9.18 Å². The molecule has 0 saturated heterocycles. The third kappa shape index (κ3) is 7.41. The summed E-state index contributed by atoms with van der Waals surface area (Å²) in [6.45, 7) is 2.04. The summed E-state index contributed by atoms with van der Waals surface area (Å²) in [5.74, 6) is -3.38. The normalized spacial score (nSPS) is 19.4. The van der Waals surface area contributed by atoms with Gasteiger partial charge in [-0.1, -0.05) is 31.9 Å². The van der Waals surface area contributed by atoms with Gasteiger partial charge in [-0.15, -0.1) is 0 Å². The highest BCUT2D eigenvalue weighted by atomic mass is 19.2. The van der Waals surface area contributed by atoms with Crippen LogP contribution in [0, 0.1) is 23.5 Å². The zero-order valence-electron chi connectivity index (χ0n) is 17.1. The molecular formula is C23H31F3O3. The van der Waals surface area contributed by atoms with Crippen LogP contribution in [0.25, 0.3) is 0 Å². The lowest BCUT2D eigenvalue weighted by Gasteiger charge is -2.25. The second-order valence-corrected chi connectivity index (χ2v) is 7.54. The largest absolute Gasteiger partial charge is 0.490 e. The Balaban J connectivity index is 1.84. The standard InChI is InChI=1S/C23H31F3O3/c1-2-3-7-16-28-19-13-14-20(22(26)21(19)25)29-23(27)18-11-9-17(10-12-18)8-5-4-6-15-24/h5,8,13-14,17-18H,2-4,6-7,9-12,15-16H2,1H3/b8-5+. The number of ether oxygens (including phenoxy) is 2. The molecule has 0 radical (unpaired) electrons. The Morgan fingerprint density at radius 1 is 1.07 bits per heavy atom. The Morgan fingerprint density at radius 2 is 1.76 bits per heavy atom. The Hall–Kier alpha value is -1.98. The Labute approximate surface area is 171 Å². The maximum atomic E-state index is 14.3. The van der Waals surface area contributed by atoms with Crippen molar-refractivity contribution in [1.29, 1.82) is 0 Å². The van der Waals surface area contributed by atoms with E-state index in [0.29, 0.717) is 31.8 Å². The van der Waals surface area contributed by atoms with Crippen LogP contribution in [0.1, 0.15) is 64.7 Å². The van der Waals surface area contributed by atoms with Gasteiger partial charge in [0.1, 0.15) is 0 Å². The Bertz CT molecular complexity index is 668. The first kappa shape index (κ1) is 23.3. The molecular weight excluding hydrogens is 381 g/mol. The number of alkyl halides is 1. The zero-order valence-corrected chi connectivity index (χ0v) is 17.1. The lowest BCUT2D eigenvalue weighted by molar-refractivity contribution is -0.140. The van der Waals surface area contributed by atoms with Crippen LogP contribution >= 0.6 is 0 Å². The number of hydrogen-bond donors (Lipinski definition) is 0. The summed E-state index contributed by atoms with van der Waals surface area (Å²) in [6.07, 6.45) is 11.0. The van der Waals surface area contributed by atoms with Crippen LogP contribution in [0.3, 0.4) is 0 Å². The van der Waals surface area contributed by atoms with Crippen molar-refractivity contribution in [2.75, 3.05) is 13.3 Å². The van der Waals surface area contributed by atoms with Crippen molar-refractivity contribution in [2.45, 2.75) is 64.7 Å². The molecule has 0 amide bonds. The fourth-order valence-electron chi connectivity index (χ4n) is 3.46. The van der Waals surface area contributed by atoms with Crippen LogP contribution in [-0.2, 0) is 4.79 Å². The molecule has 0 aromatic heterocycles. The van der Waals surface area contributed by atoms with E-state index in [9.17, 15) is 18.0 Å². The van der Waals surface area contributed by atoms with E-state index in [-0.39, 0.29) is 18.3 Å². The first-order valence-electron chi connectivity index (χ1n) is 10.6. The SMILES string of the molecule is CCCCCOc1ccc(OC(=O)C2CCC(/C=C/CCCF)CC2)c(F)c1F. The molecule has 1 saturated carbocycles. The second kappa shape index (κ2) is 12.6. The first-order chi connectivity index (χ1) is 14.1. The quantitative estimate of drug-likeness (QED) is 0.179. The van der Waals surface area contributed by atoms with E-state index in [0.717, 1.165) is 38.5 Å². The van der Waals surface area contributed by atoms with E-state index in [1.54, 1.807) is 0 Å². The minimum absolute atomic E-state index is 0.168. The van der Waals surface area contributed by atoms with Crippen molar-refractivity contribution in [3.8, 4) is 11.5 Å². The molecule has 0 aliphatic heterocycles. The zero-order chi connectivity index (χ0) is 21.1. The number of allylic oxidation sites excluding steroid dienone is 2. The minimum atomic E-state index is -1.20. The van der Waals surface area contributed by atoms with E-state index >= 15 is 0 Å². The molecule has 29 heavy (non-hydrogen) atoms. The van der Waals surface area contributed by atoms with E-state index < -0.39 is 23.4 Å². The number of carbonyl (C=O) groups is 1. The number of carbonyl (C=O) groups excluding carboxylic acids is 1. The predicted molar refractivity (Wildman–Crippen MR) is 107 cm³/mol. The van der Waals surface area contributed by atoms with Crippen molar-refractivity contribution < 1.29 is 27.4 Å². The second-order valence-electron chi connectivity index (χ2n) is 7.54. The van der Waals surface area contributed by atoms with Crippen LogP contribution in [-0.4, -0.2) is 19.3 Å². The van der Waals surface area contributed by atoms with Crippen molar-refractivity contribution in [3.63, 3.8) is 0 Å². The molecule has 1 aromatic carbocycles. The molecule has 0 unspecified atom stereocenters. The summed E-state index contributed by atoms with van der Waals surface area (Å²) in [5, 5.41) is 0. The highest BCUT2D eigenvalue weighted by molar-refractivity contribution is 5.75. The van der Waals surface area contributed by atoms with Crippen LogP contribution < -0.4 is 9.47 Å². The number of unbranched alkanes of at least 4 members (excludes halogenated alkanes) is 3. The van der Waals surface area contributed by atoms with Gasteiger partial charge < -0.3 is 9.47 Å². The molecule has 2 rings (SSSR count). The van der Waals surface area contributed by atoms with Gasteiger partial charge >= 0.3 is 5.97 Å². The van der Waals surface area contributed by atoms with E-state index in [1.165, 1.54) is 12.1 Å². The van der Waals surface area contributed by atoms with Gasteiger partial charge in [0.2, 0.25) is 11.6 Å². The molecule has 1 aliphatic carbocycles. The van der Waals surface area contributed by atoms with Gasteiger partial charge in [0, 0.05) is 0 Å². The number of rotatable bonds is 11. The van der Waals surface area contributed by atoms with Crippen LogP contribution in [0.4, 0.5) is 13.2 Å². The molecule has 0 atom stereocenters. The third-order valence-corrected chi connectivity index (χ3v) is 5.25. The molecule has 162 valence electrons. The van der Waals surface area contributed by atoms with Gasteiger partial charge in [0.25, 0.3) is 0 Å². The molecule has 0 N–H and O–H groups in total. The summed E-state index contributed by atoms with van der Waals surface area (Å²) in [7, 11) is 0. The van der Waals surface area contributed by atoms with Gasteiger partial charge in [0.15, 0.2) is 11.5 Å². The minimum Gasteiger partial charge on any atom is -0.490 e. The molecule has 0 heterocycles. The molecule has 3 nitrogen and oxygen atoms in total. The number of halogens is 3. The van der Waals surface area contributed by atoms with E-state index in [4.69, 9.17) is 9.47 Å². The molecule has 1 fully saturated rings. The highest BCUT2D eigenvalue weighted by Gasteiger charge is 2.28. The lowest BCUT2D eigenvalue weighted by atomic mass is 9.82. The molecule has 1 aromatic rings. The average Bonchev–Trinajstić information content (AvgIpc) is 2.73. The van der Waals surface area contributed by atoms with Crippen molar-refractivity contribution in [3.05, 3.63) is 35.9 Å². The van der Waals surface area contributed by atoms with Gasteiger partial charge in [-0.2, -0.15) is 8.78 Å². The predicted octanol–water partition coefficient (Wildman–Crippen LogP) is 6.55.